The Bertz CT molecular complexity index is 323. The maximum Gasteiger partial charge on any atom is 0.219 e. The van der Waals surface area contributed by atoms with E-state index in [-0.39, 0.29) is 0 Å². The number of likely N-dealkylation sites (tertiary alicyclic amines) is 1. The molecule has 0 amide bonds. The van der Waals surface area contributed by atoms with Gasteiger partial charge in [0, 0.05) is 6.61 Å². The number of anilines is 1. The van der Waals surface area contributed by atoms with E-state index in [1.807, 2.05) is 0 Å². The van der Waals surface area contributed by atoms with Crippen LogP contribution in [0.1, 0.15) is 17.8 Å². The van der Waals surface area contributed by atoms with Crippen molar-refractivity contribution in [2.45, 2.75) is 19.4 Å². The highest BCUT2D eigenvalue weighted by Gasteiger charge is 2.19. The van der Waals surface area contributed by atoms with Gasteiger partial charge in [-0.2, -0.15) is 0 Å². The van der Waals surface area contributed by atoms with Crippen molar-refractivity contribution in [3.63, 3.8) is 0 Å². The quantitative estimate of drug-likeness (QED) is 0.511. The Morgan fingerprint density at radius 1 is 1.44 bits per heavy atom. The van der Waals surface area contributed by atoms with E-state index in [9.17, 15) is 0 Å². The van der Waals surface area contributed by atoms with Crippen molar-refractivity contribution in [2.75, 3.05) is 25.1 Å². The number of piperidine rings is 1. The summed E-state index contributed by atoms with van der Waals surface area (Å²) in [6, 6.07) is 0. The van der Waals surface area contributed by atoms with Gasteiger partial charge in [0.05, 0.1) is 6.54 Å². The van der Waals surface area contributed by atoms with Gasteiger partial charge in [-0.3, -0.25) is 10.3 Å². The molecule has 0 unspecified atom stereocenters. The molecule has 0 radical (unpaired) electrons. The van der Waals surface area contributed by atoms with E-state index in [1.54, 1.807) is 0 Å². The largest absolute Gasteiger partial charge is 0.396 e. The molecular weight excluding hydrogens is 226 g/mol. The van der Waals surface area contributed by atoms with Gasteiger partial charge >= 0.3 is 0 Å². The number of hydrogen-bond donors (Lipinski definition) is 3. The topological polar surface area (TPSA) is 87.3 Å². The molecule has 0 spiro atoms. The van der Waals surface area contributed by atoms with Gasteiger partial charge in [0.1, 0.15) is 5.01 Å². The van der Waals surface area contributed by atoms with Crippen molar-refractivity contribution in [2.24, 2.45) is 11.8 Å². The van der Waals surface area contributed by atoms with Gasteiger partial charge in [0.2, 0.25) is 5.13 Å². The minimum atomic E-state index is 0.313. The first-order chi connectivity index (χ1) is 7.81. The Kier molecular flexibility index (Phi) is 4.05. The van der Waals surface area contributed by atoms with Crippen molar-refractivity contribution < 1.29 is 5.11 Å². The number of nitrogen functional groups attached to an aromatic ring is 1. The molecule has 0 atom stereocenters. The van der Waals surface area contributed by atoms with Crippen LogP contribution in [0.25, 0.3) is 0 Å². The third-order valence-electron chi connectivity index (χ3n) is 2.91. The molecule has 2 rings (SSSR count). The van der Waals surface area contributed by atoms with Crippen LogP contribution in [0.4, 0.5) is 5.13 Å². The zero-order chi connectivity index (χ0) is 11.4. The van der Waals surface area contributed by atoms with Crippen LogP contribution in [0, 0.1) is 5.92 Å². The Balaban J connectivity index is 1.82. The van der Waals surface area contributed by atoms with Crippen LogP contribution in [-0.4, -0.2) is 39.9 Å². The summed E-state index contributed by atoms with van der Waals surface area (Å²) in [7, 11) is 0. The van der Waals surface area contributed by atoms with E-state index in [2.05, 4.69) is 20.5 Å². The van der Waals surface area contributed by atoms with Gasteiger partial charge in [-0.25, -0.2) is 5.84 Å². The first-order valence-electron chi connectivity index (χ1n) is 5.44. The maximum absolute atomic E-state index is 9.04. The van der Waals surface area contributed by atoms with Gasteiger partial charge in [-0.05, 0) is 31.8 Å². The van der Waals surface area contributed by atoms with Gasteiger partial charge in [0.15, 0.2) is 0 Å². The summed E-state index contributed by atoms with van der Waals surface area (Å²) in [6.07, 6.45) is 2.13. The summed E-state index contributed by atoms with van der Waals surface area (Å²) < 4.78 is 0. The van der Waals surface area contributed by atoms with Gasteiger partial charge in [-0.1, -0.05) is 11.3 Å². The monoisotopic (exact) mass is 243 g/mol. The number of rotatable bonds is 4. The fraction of sp³-hybridized carbons (Fsp3) is 0.778. The van der Waals surface area contributed by atoms with Gasteiger partial charge in [-0.15, -0.1) is 10.2 Å². The summed E-state index contributed by atoms with van der Waals surface area (Å²) >= 11 is 1.48. The average molecular weight is 243 g/mol. The Morgan fingerprint density at radius 3 is 2.75 bits per heavy atom. The predicted molar refractivity (Wildman–Crippen MR) is 62.8 cm³/mol. The minimum Gasteiger partial charge on any atom is -0.396 e. The van der Waals surface area contributed by atoms with Crippen LogP contribution in [0.3, 0.4) is 0 Å². The Labute approximate surface area is 98.4 Å². The standard InChI is InChI=1S/C9H17N5OS/c10-11-9-13-12-8(16-9)5-14-3-1-7(6-15)2-4-14/h7,15H,1-6,10H2,(H,11,13). The molecule has 1 aromatic rings. The number of hydrazine groups is 1. The van der Waals surface area contributed by atoms with Crippen molar-refractivity contribution in [1.82, 2.24) is 15.1 Å². The molecule has 1 aliphatic heterocycles. The van der Waals surface area contributed by atoms with Crippen molar-refractivity contribution in [1.29, 1.82) is 0 Å². The van der Waals surface area contributed by atoms with E-state index < -0.39 is 0 Å². The van der Waals surface area contributed by atoms with Crippen molar-refractivity contribution >= 4 is 16.5 Å². The van der Waals surface area contributed by atoms with Crippen LogP contribution >= 0.6 is 11.3 Å². The fourth-order valence-corrected chi connectivity index (χ4v) is 2.59. The molecule has 0 saturated carbocycles. The zero-order valence-electron chi connectivity index (χ0n) is 9.09. The van der Waals surface area contributed by atoms with E-state index in [1.165, 1.54) is 11.3 Å². The predicted octanol–water partition coefficient (Wildman–Crippen LogP) is 0.0280. The molecule has 0 aliphatic carbocycles. The zero-order valence-corrected chi connectivity index (χ0v) is 9.91. The number of aromatic nitrogens is 2. The molecule has 16 heavy (non-hydrogen) atoms. The second-order valence-electron chi connectivity index (χ2n) is 4.05. The summed E-state index contributed by atoms with van der Waals surface area (Å²) in [5.41, 5.74) is 2.49. The summed E-state index contributed by atoms with van der Waals surface area (Å²) in [6.45, 7) is 3.19. The number of nitrogens with one attached hydrogen (secondary N) is 1. The highest BCUT2D eigenvalue weighted by atomic mass is 32.1. The molecule has 7 heteroatoms. The molecule has 1 aliphatic rings. The van der Waals surface area contributed by atoms with Crippen LogP contribution in [0.15, 0.2) is 0 Å². The number of nitrogens with two attached hydrogens (primary N) is 1. The van der Waals surface area contributed by atoms with Gasteiger partial charge in [0.25, 0.3) is 0 Å². The third kappa shape index (κ3) is 2.88. The molecule has 0 bridgehead atoms. The molecule has 6 nitrogen and oxygen atoms in total. The molecule has 2 heterocycles. The van der Waals surface area contributed by atoms with Crippen LogP contribution in [0.2, 0.25) is 0 Å². The normalized spacial score (nSPS) is 18.9. The smallest absolute Gasteiger partial charge is 0.219 e. The van der Waals surface area contributed by atoms with Crippen molar-refractivity contribution in [3.05, 3.63) is 5.01 Å². The first kappa shape index (κ1) is 11.7. The lowest BCUT2D eigenvalue weighted by Crippen LogP contribution is -2.34. The Morgan fingerprint density at radius 2 is 2.19 bits per heavy atom. The second kappa shape index (κ2) is 5.53. The van der Waals surface area contributed by atoms with Gasteiger partial charge < -0.3 is 5.11 Å². The fourth-order valence-electron chi connectivity index (χ4n) is 1.89. The second-order valence-corrected chi connectivity index (χ2v) is 5.11. The number of aliphatic hydroxyl groups is 1. The van der Waals surface area contributed by atoms with Crippen molar-refractivity contribution in [3.8, 4) is 0 Å². The summed E-state index contributed by atoms with van der Waals surface area (Å²) in [5.74, 6) is 5.73. The van der Waals surface area contributed by atoms with E-state index in [0.29, 0.717) is 17.7 Å². The average Bonchev–Trinajstić information content (AvgIpc) is 2.78. The lowest BCUT2D eigenvalue weighted by Gasteiger charge is -2.30. The first-order valence-corrected chi connectivity index (χ1v) is 6.25. The summed E-state index contributed by atoms with van der Waals surface area (Å²) in [5, 5.41) is 18.6. The molecule has 90 valence electrons. The molecule has 1 saturated heterocycles. The maximum atomic E-state index is 9.04. The highest BCUT2D eigenvalue weighted by Crippen LogP contribution is 2.20. The lowest BCUT2D eigenvalue weighted by atomic mass is 9.98. The van der Waals surface area contributed by atoms with E-state index in [4.69, 9.17) is 10.9 Å². The van der Waals surface area contributed by atoms with Crippen LogP contribution in [0.5, 0.6) is 0 Å². The highest BCUT2D eigenvalue weighted by molar-refractivity contribution is 7.15. The SMILES string of the molecule is NNc1nnc(CN2CCC(CO)CC2)s1. The van der Waals surface area contributed by atoms with Crippen LogP contribution in [-0.2, 0) is 6.54 Å². The molecule has 4 N–H and O–H groups in total. The summed E-state index contributed by atoms with van der Waals surface area (Å²) in [4.78, 5) is 2.34. The molecular formula is C9H17N5OS. The third-order valence-corrected chi connectivity index (χ3v) is 3.75. The number of hydrogen-bond acceptors (Lipinski definition) is 7. The van der Waals surface area contributed by atoms with E-state index in [0.717, 1.165) is 37.5 Å². The number of nitrogens with zero attached hydrogens (tertiary/aromatic N) is 3. The molecule has 1 fully saturated rings. The molecule has 1 aromatic heterocycles. The van der Waals surface area contributed by atoms with E-state index >= 15 is 0 Å². The molecule has 0 aromatic carbocycles. The number of aliphatic hydroxyl groups excluding tert-OH is 1. The Hall–Kier alpha value is -0.760. The minimum absolute atomic E-state index is 0.313. The lowest BCUT2D eigenvalue weighted by molar-refractivity contribution is 0.127. The van der Waals surface area contributed by atoms with Crippen LogP contribution < -0.4 is 11.3 Å².